The molecule has 1 rings (SSSR count). The van der Waals surface area contributed by atoms with Crippen molar-refractivity contribution in [1.29, 1.82) is 0 Å². The Morgan fingerprint density at radius 1 is 1.29 bits per heavy atom. The summed E-state index contributed by atoms with van der Waals surface area (Å²) in [7, 11) is 0. The van der Waals surface area contributed by atoms with Crippen molar-refractivity contribution < 1.29 is 9.53 Å². The largest absolute Gasteiger partial charge is 0.457 e. The Balaban J connectivity index is 0. The average Bonchev–Trinajstić information content (AvgIpc) is 2.66. The van der Waals surface area contributed by atoms with Gasteiger partial charge in [-0.05, 0) is 19.9 Å². The Morgan fingerprint density at radius 3 is 2.06 bits per heavy atom. The van der Waals surface area contributed by atoms with Crippen LogP contribution in [-0.4, -0.2) is 12.6 Å². The molecular weight excluding hydrogens is 280 g/mol. The lowest BCUT2D eigenvalue weighted by molar-refractivity contribution is -0.134. The normalized spacial score (nSPS) is 15.4. The molecule has 0 unspecified atom stereocenters. The number of rotatable bonds is 1. The maximum absolute atomic E-state index is 10.9. The van der Waals surface area contributed by atoms with Gasteiger partial charge in [0.1, 0.15) is 6.61 Å². The van der Waals surface area contributed by atoms with Gasteiger partial charge < -0.3 is 4.74 Å². The Labute approximate surface area is 114 Å². The van der Waals surface area contributed by atoms with Gasteiger partial charge in [0.25, 0.3) is 0 Å². The molecule has 0 saturated carbocycles. The molecule has 0 aliphatic carbocycles. The lowest BCUT2D eigenvalue weighted by Crippen LogP contribution is -1.92. The van der Waals surface area contributed by atoms with Crippen LogP contribution in [0.5, 0.6) is 0 Å². The molecule has 1 fully saturated rings. The standard InChI is InChI=1S/C10H11BrO2.2C2H6/c1-6(2)9(11)4-8-5-13-10(12)7(8)3;2*1-2/h4H,3,5H2,1-2H3;2*1-2H3/b8-4-;;. The number of carbonyl (C=O) groups excluding carboxylic acids is 1. The van der Waals surface area contributed by atoms with Crippen molar-refractivity contribution in [2.24, 2.45) is 0 Å². The first-order chi connectivity index (χ1) is 8.02. The third kappa shape index (κ3) is 6.47. The highest BCUT2D eigenvalue weighted by molar-refractivity contribution is 9.11. The first kappa shape index (κ1) is 18.5. The van der Waals surface area contributed by atoms with E-state index < -0.39 is 0 Å². The zero-order valence-corrected chi connectivity index (χ0v) is 13.3. The second-order valence-corrected chi connectivity index (χ2v) is 3.93. The van der Waals surface area contributed by atoms with Gasteiger partial charge in [-0.15, -0.1) is 0 Å². The molecule has 0 atom stereocenters. The zero-order chi connectivity index (χ0) is 14.0. The van der Waals surface area contributed by atoms with Gasteiger partial charge >= 0.3 is 5.97 Å². The summed E-state index contributed by atoms with van der Waals surface area (Å²) in [6.07, 6.45) is 1.88. The summed E-state index contributed by atoms with van der Waals surface area (Å²) in [5, 5.41) is 0. The van der Waals surface area contributed by atoms with Crippen molar-refractivity contribution in [1.82, 2.24) is 0 Å². The first-order valence-corrected chi connectivity index (χ1v) is 6.71. The van der Waals surface area contributed by atoms with Crippen LogP contribution in [0.2, 0.25) is 0 Å². The van der Waals surface area contributed by atoms with Gasteiger partial charge in [0.05, 0.1) is 5.57 Å². The minimum Gasteiger partial charge on any atom is -0.457 e. The smallest absolute Gasteiger partial charge is 0.338 e. The number of halogens is 1. The predicted molar refractivity (Wildman–Crippen MR) is 78.2 cm³/mol. The van der Waals surface area contributed by atoms with Crippen LogP contribution in [0.25, 0.3) is 0 Å². The molecule has 1 saturated heterocycles. The fourth-order valence-electron chi connectivity index (χ4n) is 0.875. The molecule has 0 aromatic rings. The lowest BCUT2D eigenvalue weighted by atomic mass is 10.1. The van der Waals surface area contributed by atoms with E-state index in [4.69, 9.17) is 4.74 Å². The molecule has 0 N–H and O–H groups in total. The summed E-state index contributed by atoms with van der Waals surface area (Å²) >= 11 is 3.39. The van der Waals surface area contributed by atoms with Crippen molar-refractivity contribution in [2.45, 2.75) is 41.5 Å². The first-order valence-electron chi connectivity index (χ1n) is 5.92. The predicted octanol–water partition coefficient (Wildman–Crippen LogP) is 4.77. The molecule has 1 aliphatic rings. The number of esters is 1. The summed E-state index contributed by atoms with van der Waals surface area (Å²) in [6, 6.07) is 0. The van der Waals surface area contributed by atoms with Gasteiger partial charge in [-0.1, -0.05) is 55.8 Å². The van der Waals surface area contributed by atoms with Gasteiger partial charge in [0, 0.05) is 10.1 Å². The molecule has 3 heteroatoms. The Morgan fingerprint density at radius 2 is 1.76 bits per heavy atom. The molecule has 17 heavy (non-hydrogen) atoms. The lowest BCUT2D eigenvalue weighted by Gasteiger charge is -1.96. The van der Waals surface area contributed by atoms with Crippen LogP contribution in [0.3, 0.4) is 0 Å². The van der Waals surface area contributed by atoms with Crippen molar-refractivity contribution in [3.8, 4) is 0 Å². The quantitative estimate of drug-likeness (QED) is 0.515. The maximum Gasteiger partial charge on any atom is 0.338 e. The van der Waals surface area contributed by atoms with Gasteiger partial charge in [-0.25, -0.2) is 4.79 Å². The minimum atomic E-state index is -0.319. The van der Waals surface area contributed by atoms with Crippen LogP contribution in [0.15, 0.2) is 33.9 Å². The maximum atomic E-state index is 10.9. The highest BCUT2D eigenvalue weighted by Gasteiger charge is 2.22. The number of hydrogen-bond donors (Lipinski definition) is 0. The molecule has 2 nitrogen and oxygen atoms in total. The number of ether oxygens (including phenoxy) is 1. The molecule has 0 aromatic carbocycles. The molecular formula is C14H23BrO2. The minimum absolute atomic E-state index is 0.319. The summed E-state index contributed by atoms with van der Waals surface area (Å²) in [6.45, 7) is 16.0. The SMILES string of the molecule is C=C1C(=O)OC/C1=C/C(Br)=C(C)C.CC.CC. The molecule has 1 heterocycles. The summed E-state index contributed by atoms with van der Waals surface area (Å²) in [4.78, 5) is 10.9. The highest BCUT2D eigenvalue weighted by atomic mass is 79.9. The highest BCUT2D eigenvalue weighted by Crippen LogP contribution is 2.23. The van der Waals surface area contributed by atoms with E-state index in [1.807, 2.05) is 47.6 Å². The fourth-order valence-corrected chi connectivity index (χ4v) is 1.15. The van der Waals surface area contributed by atoms with Crippen LogP contribution >= 0.6 is 15.9 Å². The van der Waals surface area contributed by atoms with Crippen LogP contribution in [0.1, 0.15) is 41.5 Å². The average molecular weight is 303 g/mol. The van der Waals surface area contributed by atoms with Crippen molar-refractivity contribution in [3.63, 3.8) is 0 Å². The topological polar surface area (TPSA) is 26.3 Å². The van der Waals surface area contributed by atoms with Gasteiger partial charge in [-0.2, -0.15) is 0 Å². The van der Waals surface area contributed by atoms with E-state index in [9.17, 15) is 4.79 Å². The van der Waals surface area contributed by atoms with Crippen molar-refractivity contribution in [3.05, 3.63) is 33.9 Å². The fraction of sp³-hybridized carbons (Fsp3) is 0.500. The Hall–Kier alpha value is -0.830. The van der Waals surface area contributed by atoms with Crippen molar-refractivity contribution in [2.75, 3.05) is 6.61 Å². The van der Waals surface area contributed by atoms with E-state index in [0.717, 1.165) is 15.6 Å². The van der Waals surface area contributed by atoms with E-state index in [0.29, 0.717) is 12.2 Å². The Kier molecular flexibility index (Phi) is 11.3. The number of hydrogen-bond acceptors (Lipinski definition) is 2. The van der Waals surface area contributed by atoms with Gasteiger partial charge in [0.2, 0.25) is 0 Å². The molecule has 0 aromatic heterocycles. The summed E-state index contributed by atoms with van der Waals surface area (Å²) in [5.41, 5.74) is 2.45. The van der Waals surface area contributed by atoms with Gasteiger partial charge in [-0.3, -0.25) is 0 Å². The molecule has 0 bridgehead atoms. The molecule has 0 spiro atoms. The van der Waals surface area contributed by atoms with E-state index in [2.05, 4.69) is 22.5 Å². The van der Waals surface area contributed by atoms with Crippen LogP contribution in [0, 0.1) is 0 Å². The number of allylic oxidation sites excluding steroid dienone is 3. The number of cyclic esters (lactones) is 1. The summed E-state index contributed by atoms with van der Waals surface area (Å²) < 4.78 is 5.78. The van der Waals surface area contributed by atoms with Crippen molar-refractivity contribution >= 4 is 21.9 Å². The molecule has 0 radical (unpaired) electrons. The van der Waals surface area contributed by atoms with E-state index in [-0.39, 0.29) is 5.97 Å². The van der Waals surface area contributed by atoms with Gasteiger partial charge in [0.15, 0.2) is 0 Å². The van der Waals surface area contributed by atoms with E-state index >= 15 is 0 Å². The number of carbonyl (C=O) groups is 1. The second-order valence-electron chi connectivity index (χ2n) is 3.07. The van der Waals surface area contributed by atoms with Crippen LogP contribution < -0.4 is 0 Å². The molecule has 1 aliphatic heterocycles. The monoisotopic (exact) mass is 302 g/mol. The van der Waals surface area contributed by atoms with E-state index in [1.54, 1.807) is 0 Å². The Bertz CT molecular complexity index is 321. The molecule has 98 valence electrons. The molecule has 0 amide bonds. The van der Waals surface area contributed by atoms with Crippen LogP contribution in [-0.2, 0) is 9.53 Å². The summed E-state index contributed by atoms with van der Waals surface area (Å²) in [5.74, 6) is -0.319. The third-order valence-electron chi connectivity index (χ3n) is 1.77. The second kappa shape index (κ2) is 10.3. The third-order valence-corrected chi connectivity index (χ3v) is 2.79. The van der Waals surface area contributed by atoms with E-state index in [1.165, 1.54) is 0 Å². The zero-order valence-electron chi connectivity index (χ0n) is 11.7. The van der Waals surface area contributed by atoms with Crippen LogP contribution in [0.4, 0.5) is 0 Å².